The van der Waals surface area contributed by atoms with Crippen LogP contribution in [0.1, 0.15) is 26.5 Å². The first-order chi connectivity index (χ1) is 6.24. The highest BCUT2D eigenvalue weighted by Gasteiger charge is 2.26. The van der Waals surface area contributed by atoms with E-state index >= 15 is 0 Å². The van der Waals surface area contributed by atoms with Crippen LogP contribution in [-0.2, 0) is 6.42 Å². The van der Waals surface area contributed by atoms with Gasteiger partial charge in [0.15, 0.2) is 16.7 Å². The summed E-state index contributed by atoms with van der Waals surface area (Å²) in [6.07, 6.45) is 1.27. The number of hydrogen-bond acceptors (Lipinski definition) is 3. The Hall–Kier alpha value is -1.10. The average molecular weight is 244 g/mol. The van der Waals surface area contributed by atoms with Crippen molar-refractivity contribution in [3.05, 3.63) is 21.6 Å². The largest absolute Gasteiger partial charge is 0.445 e. The summed E-state index contributed by atoms with van der Waals surface area (Å²) < 4.78 is 5.41. The SMILES string of the molecule is O=Cc1oc(Br)c2c1CCNC2=O. The fourth-order valence-corrected chi connectivity index (χ4v) is 2.00. The molecule has 0 bridgehead atoms. The fraction of sp³-hybridized carbons (Fsp3) is 0.250. The van der Waals surface area contributed by atoms with Crippen molar-refractivity contribution in [2.45, 2.75) is 6.42 Å². The van der Waals surface area contributed by atoms with Crippen LogP contribution in [0.3, 0.4) is 0 Å². The van der Waals surface area contributed by atoms with Gasteiger partial charge in [-0.25, -0.2) is 0 Å². The van der Waals surface area contributed by atoms with Gasteiger partial charge in [0.05, 0.1) is 5.56 Å². The van der Waals surface area contributed by atoms with Gasteiger partial charge >= 0.3 is 0 Å². The van der Waals surface area contributed by atoms with Crippen LogP contribution in [0.2, 0.25) is 0 Å². The summed E-state index contributed by atoms with van der Waals surface area (Å²) in [5, 5.41) is 2.67. The normalized spacial score (nSPS) is 15.0. The number of carbonyl (C=O) groups is 2. The molecule has 68 valence electrons. The third-order valence-corrected chi connectivity index (χ3v) is 2.55. The summed E-state index contributed by atoms with van der Waals surface area (Å²) in [6, 6.07) is 0. The minimum Gasteiger partial charge on any atom is -0.445 e. The lowest BCUT2D eigenvalue weighted by molar-refractivity contribution is 0.0945. The average Bonchev–Trinajstić information content (AvgIpc) is 2.44. The van der Waals surface area contributed by atoms with E-state index in [9.17, 15) is 9.59 Å². The number of fused-ring (bicyclic) bond motifs is 1. The van der Waals surface area contributed by atoms with Crippen molar-refractivity contribution < 1.29 is 14.0 Å². The molecule has 0 aromatic carbocycles. The Balaban J connectivity index is 2.63. The van der Waals surface area contributed by atoms with Gasteiger partial charge in [-0.05, 0) is 22.4 Å². The van der Waals surface area contributed by atoms with Crippen LogP contribution < -0.4 is 5.32 Å². The van der Waals surface area contributed by atoms with Crippen LogP contribution in [0, 0.1) is 0 Å². The summed E-state index contributed by atoms with van der Waals surface area (Å²) in [5.74, 6) is 0.0571. The molecule has 0 aliphatic carbocycles. The molecule has 1 aliphatic heterocycles. The molecule has 1 aromatic rings. The molecule has 0 fully saturated rings. The third-order valence-electron chi connectivity index (χ3n) is 1.99. The lowest BCUT2D eigenvalue weighted by Gasteiger charge is -2.11. The minimum absolute atomic E-state index is 0.190. The van der Waals surface area contributed by atoms with Gasteiger partial charge in [-0.2, -0.15) is 0 Å². The Labute approximate surface area is 82.4 Å². The Kier molecular flexibility index (Phi) is 1.95. The van der Waals surface area contributed by atoms with Gasteiger partial charge in [0, 0.05) is 12.1 Å². The Bertz CT molecular complexity index is 383. The van der Waals surface area contributed by atoms with Crippen molar-refractivity contribution in [1.82, 2.24) is 5.32 Å². The predicted octanol–water partition coefficient (Wildman–Crippen LogP) is 1.14. The zero-order chi connectivity index (χ0) is 9.42. The first-order valence-electron chi connectivity index (χ1n) is 3.78. The van der Waals surface area contributed by atoms with Crippen LogP contribution in [0.5, 0.6) is 0 Å². The maximum absolute atomic E-state index is 11.3. The molecule has 0 radical (unpaired) electrons. The molecule has 0 saturated heterocycles. The van der Waals surface area contributed by atoms with Crippen LogP contribution in [0.15, 0.2) is 9.09 Å². The molecule has 0 atom stereocenters. The third kappa shape index (κ3) is 1.19. The van der Waals surface area contributed by atoms with Crippen molar-refractivity contribution in [2.24, 2.45) is 0 Å². The van der Waals surface area contributed by atoms with E-state index in [4.69, 9.17) is 4.42 Å². The van der Waals surface area contributed by atoms with Gasteiger partial charge in [0.1, 0.15) is 0 Å². The smallest absolute Gasteiger partial charge is 0.256 e. The van der Waals surface area contributed by atoms with Crippen LogP contribution >= 0.6 is 15.9 Å². The minimum atomic E-state index is -0.190. The summed E-state index contributed by atoms with van der Waals surface area (Å²) >= 11 is 3.10. The number of aldehydes is 1. The van der Waals surface area contributed by atoms with E-state index in [1.807, 2.05) is 0 Å². The monoisotopic (exact) mass is 243 g/mol. The summed E-state index contributed by atoms with van der Waals surface area (Å²) in [5.41, 5.74) is 1.15. The number of furan rings is 1. The zero-order valence-corrected chi connectivity index (χ0v) is 8.18. The fourth-order valence-electron chi connectivity index (χ4n) is 1.41. The van der Waals surface area contributed by atoms with Gasteiger partial charge in [-0.1, -0.05) is 0 Å². The number of halogens is 1. The maximum Gasteiger partial charge on any atom is 0.256 e. The van der Waals surface area contributed by atoms with E-state index in [1.165, 1.54) is 0 Å². The predicted molar refractivity (Wildman–Crippen MR) is 47.8 cm³/mol. The van der Waals surface area contributed by atoms with E-state index in [2.05, 4.69) is 21.2 Å². The highest BCUT2D eigenvalue weighted by atomic mass is 79.9. The molecule has 1 amide bonds. The second-order valence-corrected chi connectivity index (χ2v) is 3.44. The number of hydrogen-bond donors (Lipinski definition) is 1. The Morgan fingerprint density at radius 2 is 2.31 bits per heavy atom. The zero-order valence-electron chi connectivity index (χ0n) is 6.59. The van der Waals surface area contributed by atoms with Crippen molar-refractivity contribution >= 4 is 28.1 Å². The van der Waals surface area contributed by atoms with E-state index in [-0.39, 0.29) is 11.7 Å². The topological polar surface area (TPSA) is 59.3 Å². The van der Waals surface area contributed by atoms with Crippen LogP contribution in [-0.4, -0.2) is 18.7 Å². The molecule has 5 heteroatoms. The van der Waals surface area contributed by atoms with Crippen molar-refractivity contribution in [3.63, 3.8) is 0 Å². The van der Waals surface area contributed by atoms with Crippen LogP contribution in [0.4, 0.5) is 0 Å². The first kappa shape index (κ1) is 8.50. The second-order valence-electron chi connectivity index (χ2n) is 2.72. The summed E-state index contributed by atoms with van der Waals surface area (Å²) in [7, 11) is 0. The van der Waals surface area contributed by atoms with E-state index in [0.29, 0.717) is 35.0 Å². The van der Waals surface area contributed by atoms with Crippen molar-refractivity contribution in [2.75, 3.05) is 6.54 Å². The highest BCUT2D eigenvalue weighted by Crippen LogP contribution is 2.28. The Morgan fingerprint density at radius 3 is 3.00 bits per heavy atom. The standard InChI is InChI=1S/C8H6BrNO3/c9-7-6-4(5(3-11)13-7)1-2-10-8(6)12/h3H,1-2H2,(H,10,12). The summed E-state index contributed by atoms with van der Waals surface area (Å²) in [6.45, 7) is 0.554. The number of nitrogens with one attached hydrogen (secondary N) is 1. The number of amides is 1. The van der Waals surface area contributed by atoms with Crippen molar-refractivity contribution in [1.29, 1.82) is 0 Å². The molecule has 0 unspecified atom stereocenters. The van der Waals surface area contributed by atoms with Gasteiger partial charge in [-0.15, -0.1) is 0 Å². The summed E-state index contributed by atoms with van der Waals surface area (Å²) in [4.78, 5) is 21.9. The number of carbonyl (C=O) groups excluding carboxylic acids is 2. The van der Waals surface area contributed by atoms with Gasteiger partial charge in [-0.3, -0.25) is 9.59 Å². The first-order valence-corrected chi connectivity index (χ1v) is 4.58. The van der Waals surface area contributed by atoms with Gasteiger partial charge in [0.25, 0.3) is 5.91 Å². The maximum atomic E-state index is 11.3. The van der Waals surface area contributed by atoms with Crippen LogP contribution in [0.25, 0.3) is 0 Å². The van der Waals surface area contributed by atoms with Gasteiger partial charge in [0.2, 0.25) is 0 Å². The van der Waals surface area contributed by atoms with E-state index < -0.39 is 0 Å². The molecular weight excluding hydrogens is 238 g/mol. The quantitative estimate of drug-likeness (QED) is 0.753. The Morgan fingerprint density at radius 1 is 1.54 bits per heavy atom. The van der Waals surface area contributed by atoms with E-state index in [0.717, 1.165) is 0 Å². The molecule has 0 saturated carbocycles. The lowest BCUT2D eigenvalue weighted by Crippen LogP contribution is -2.31. The molecule has 1 aliphatic rings. The molecule has 0 spiro atoms. The van der Waals surface area contributed by atoms with Gasteiger partial charge < -0.3 is 9.73 Å². The second kappa shape index (κ2) is 2.99. The molecular formula is C8H6BrNO3. The van der Waals surface area contributed by atoms with E-state index in [1.54, 1.807) is 0 Å². The van der Waals surface area contributed by atoms with Crippen molar-refractivity contribution in [3.8, 4) is 0 Å². The molecule has 13 heavy (non-hydrogen) atoms. The molecule has 2 heterocycles. The molecule has 1 aromatic heterocycles. The molecule has 2 rings (SSSR count). The molecule has 4 nitrogen and oxygen atoms in total. The highest BCUT2D eigenvalue weighted by molar-refractivity contribution is 9.10. The lowest BCUT2D eigenvalue weighted by atomic mass is 10.0. The molecule has 1 N–H and O–H groups in total. The number of rotatable bonds is 1.